The third-order valence-electron chi connectivity index (χ3n) is 7.68. The number of rotatable bonds is 4. The lowest BCUT2D eigenvalue weighted by molar-refractivity contribution is 0.670. The molecule has 0 N–H and O–H groups in total. The molecule has 2 heterocycles. The van der Waals surface area contributed by atoms with Gasteiger partial charge in [-0.2, -0.15) is 0 Å². The van der Waals surface area contributed by atoms with Crippen molar-refractivity contribution in [3.05, 3.63) is 146 Å². The van der Waals surface area contributed by atoms with Gasteiger partial charge in [-0.15, -0.1) is 0 Å². The Balaban J connectivity index is 1.46. The summed E-state index contributed by atoms with van der Waals surface area (Å²) in [5.74, 6) is 0.672. The van der Waals surface area contributed by atoms with Crippen LogP contribution in [0.2, 0.25) is 0 Å². The van der Waals surface area contributed by atoms with Gasteiger partial charge in [0.05, 0.1) is 11.4 Å². The van der Waals surface area contributed by atoms with Gasteiger partial charge in [-0.05, 0) is 46.7 Å². The lowest BCUT2D eigenvalue weighted by Gasteiger charge is -2.11. The Bertz CT molecular complexity index is 2130. The number of hydrogen-bond acceptors (Lipinski definition) is 3. The molecule has 0 aliphatic heterocycles. The molecule has 8 rings (SSSR count). The zero-order valence-electron chi connectivity index (χ0n) is 22.2. The SMILES string of the molecule is c1ccc(-c2cc(-c3ccccc3)nc(-c3ccc(-c4ccccc4)c4oc5cc6ccccc6cc5c34)n2)cc1. The fourth-order valence-electron chi connectivity index (χ4n) is 5.68. The normalized spacial score (nSPS) is 11.4. The lowest BCUT2D eigenvalue weighted by atomic mass is 9.97. The predicted octanol–water partition coefficient (Wildman–Crippen LogP) is 10.2. The van der Waals surface area contributed by atoms with Gasteiger partial charge in [-0.25, -0.2) is 9.97 Å². The highest BCUT2D eigenvalue weighted by Crippen LogP contribution is 2.42. The van der Waals surface area contributed by atoms with Gasteiger partial charge in [-0.3, -0.25) is 0 Å². The largest absolute Gasteiger partial charge is 0.455 e. The fourth-order valence-corrected chi connectivity index (χ4v) is 5.68. The Labute approximate surface area is 237 Å². The van der Waals surface area contributed by atoms with Crippen LogP contribution in [0.3, 0.4) is 0 Å². The second-order valence-corrected chi connectivity index (χ2v) is 10.2. The molecular formula is C38H24N2O. The Morgan fingerprint density at radius 2 is 0.951 bits per heavy atom. The van der Waals surface area contributed by atoms with Crippen LogP contribution < -0.4 is 0 Å². The van der Waals surface area contributed by atoms with Gasteiger partial charge in [0.15, 0.2) is 5.82 Å². The maximum Gasteiger partial charge on any atom is 0.161 e. The smallest absolute Gasteiger partial charge is 0.161 e. The molecule has 192 valence electrons. The predicted molar refractivity (Wildman–Crippen MR) is 169 cm³/mol. The third kappa shape index (κ3) is 4.07. The standard InChI is InChI=1S/C38H24N2O/c1-4-12-25(13-5-1)30-20-21-31(36-32-22-28-18-10-11-19-29(28)23-35(32)41-37(30)36)38-39-33(26-14-6-2-7-15-26)24-34(40-38)27-16-8-3-9-17-27/h1-24H. The van der Waals surface area contributed by atoms with Crippen molar-refractivity contribution in [2.45, 2.75) is 0 Å². The third-order valence-corrected chi connectivity index (χ3v) is 7.68. The van der Waals surface area contributed by atoms with Crippen LogP contribution >= 0.6 is 0 Å². The first-order valence-electron chi connectivity index (χ1n) is 13.8. The molecule has 0 saturated carbocycles. The van der Waals surface area contributed by atoms with Gasteiger partial charge in [-0.1, -0.05) is 115 Å². The summed E-state index contributed by atoms with van der Waals surface area (Å²) in [5, 5.41) is 4.40. The summed E-state index contributed by atoms with van der Waals surface area (Å²) in [6, 6.07) is 50.1. The summed E-state index contributed by atoms with van der Waals surface area (Å²) in [6.07, 6.45) is 0. The molecular weight excluding hydrogens is 500 g/mol. The molecule has 6 aromatic carbocycles. The molecule has 2 aromatic heterocycles. The Morgan fingerprint density at radius 3 is 1.56 bits per heavy atom. The van der Waals surface area contributed by atoms with Crippen molar-refractivity contribution in [1.29, 1.82) is 0 Å². The Kier molecular flexibility index (Phi) is 5.46. The van der Waals surface area contributed by atoms with Gasteiger partial charge in [0, 0.05) is 33.0 Å². The zero-order valence-corrected chi connectivity index (χ0v) is 22.2. The summed E-state index contributed by atoms with van der Waals surface area (Å²) in [4.78, 5) is 10.3. The Hall–Kier alpha value is -5.54. The highest BCUT2D eigenvalue weighted by atomic mass is 16.3. The minimum Gasteiger partial charge on any atom is -0.455 e. The van der Waals surface area contributed by atoms with E-state index in [-0.39, 0.29) is 0 Å². The summed E-state index contributed by atoms with van der Waals surface area (Å²) in [5.41, 5.74) is 8.66. The molecule has 3 nitrogen and oxygen atoms in total. The molecule has 3 heteroatoms. The molecule has 0 spiro atoms. The fraction of sp³-hybridized carbons (Fsp3) is 0. The molecule has 0 fully saturated rings. The highest BCUT2D eigenvalue weighted by molar-refractivity contribution is 6.18. The monoisotopic (exact) mass is 524 g/mol. The zero-order chi connectivity index (χ0) is 27.2. The van der Waals surface area contributed by atoms with E-state index < -0.39 is 0 Å². The molecule has 0 bridgehead atoms. The first-order valence-corrected chi connectivity index (χ1v) is 13.8. The van der Waals surface area contributed by atoms with Crippen molar-refractivity contribution >= 4 is 32.7 Å². The van der Waals surface area contributed by atoms with E-state index in [4.69, 9.17) is 14.4 Å². The summed E-state index contributed by atoms with van der Waals surface area (Å²) in [7, 11) is 0. The molecule has 0 saturated heterocycles. The van der Waals surface area contributed by atoms with E-state index in [1.807, 2.05) is 42.5 Å². The van der Waals surface area contributed by atoms with Gasteiger partial charge in [0.1, 0.15) is 11.2 Å². The number of nitrogens with zero attached hydrogens (tertiary/aromatic N) is 2. The molecule has 0 aliphatic carbocycles. The molecule has 0 radical (unpaired) electrons. The van der Waals surface area contributed by atoms with Crippen LogP contribution in [-0.4, -0.2) is 9.97 Å². The van der Waals surface area contributed by atoms with E-state index in [9.17, 15) is 0 Å². The number of fused-ring (bicyclic) bond motifs is 4. The van der Waals surface area contributed by atoms with Gasteiger partial charge >= 0.3 is 0 Å². The average Bonchev–Trinajstić information content (AvgIpc) is 3.42. The minimum absolute atomic E-state index is 0.672. The maximum atomic E-state index is 6.68. The first-order chi connectivity index (χ1) is 20.3. The topological polar surface area (TPSA) is 38.9 Å². The summed E-state index contributed by atoms with van der Waals surface area (Å²) < 4.78 is 6.68. The summed E-state index contributed by atoms with van der Waals surface area (Å²) in [6.45, 7) is 0. The van der Waals surface area contributed by atoms with Crippen LogP contribution in [0.1, 0.15) is 0 Å². The van der Waals surface area contributed by atoms with Gasteiger partial charge < -0.3 is 4.42 Å². The van der Waals surface area contributed by atoms with Crippen molar-refractivity contribution < 1.29 is 4.42 Å². The van der Waals surface area contributed by atoms with Crippen LogP contribution in [-0.2, 0) is 0 Å². The van der Waals surface area contributed by atoms with Crippen LogP contribution in [0.4, 0.5) is 0 Å². The van der Waals surface area contributed by atoms with E-state index in [0.717, 1.165) is 66.5 Å². The number of hydrogen-bond donors (Lipinski definition) is 0. The van der Waals surface area contributed by atoms with Crippen molar-refractivity contribution in [2.24, 2.45) is 0 Å². The molecule has 0 aliphatic rings. The van der Waals surface area contributed by atoms with Crippen LogP contribution in [0.15, 0.2) is 150 Å². The van der Waals surface area contributed by atoms with Gasteiger partial charge in [0.2, 0.25) is 0 Å². The van der Waals surface area contributed by atoms with Crippen molar-refractivity contribution in [3.63, 3.8) is 0 Å². The number of aromatic nitrogens is 2. The molecule has 0 atom stereocenters. The highest BCUT2D eigenvalue weighted by Gasteiger charge is 2.20. The van der Waals surface area contributed by atoms with Crippen LogP contribution in [0.5, 0.6) is 0 Å². The maximum absolute atomic E-state index is 6.68. The van der Waals surface area contributed by atoms with Crippen molar-refractivity contribution in [1.82, 2.24) is 9.97 Å². The van der Waals surface area contributed by atoms with Crippen molar-refractivity contribution in [3.8, 4) is 45.0 Å². The molecule has 8 aromatic rings. The van der Waals surface area contributed by atoms with E-state index in [1.54, 1.807) is 0 Å². The second kappa shape index (κ2) is 9.58. The molecule has 0 unspecified atom stereocenters. The summed E-state index contributed by atoms with van der Waals surface area (Å²) >= 11 is 0. The van der Waals surface area contributed by atoms with E-state index in [0.29, 0.717) is 5.82 Å². The Morgan fingerprint density at radius 1 is 0.439 bits per heavy atom. The quantitative estimate of drug-likeness (QED) is 0.230. The van der Waals surface area contributed by atoms with E-state index in [2.05, 4.69) is 103 Å². The lowest BCUT2D eigenvalue weighted by Crippen LogP contribution is -1.96. The van der Waals surface area contributed by atoms with Gasteiger partial charge in [0.25, 0.3) is 0 Å². The van der Waals surface area contributed by atoms with E-state index in [1.165, 1.54) is 5.39 Å². The van der Waals surface area contributed by atoms with E-state index >= 15 is 0 Å². The van der Waals surface area contributed by atoms with Crippen LogP contribution in [0.25, 0.3) is 77.7 Å². The average molecular weight is 525 g/mol. The minimum atomic E-state index is 0.672. The van der Waals surface area contributed by atoms with Crippen molar-refractivity contribution in [2.75, 3.05) is 0 Å². The number of benzene rings is 6. The molecule has 41 heavy (non-hydrogen) atoms. The first kappa shape index (κ1) is 23.4. The number of furan rings is 1. The second-order valence-electron chi connectivity index (χ2n) is 10.2. The van der Waals surface area contributed by atoms with Crippen LogP contribution in [0, 0.1) is 0 Å². The molecule has 0 amide bonds.